The molecule has 0 saturated carbocycles. The largest absolute Gasteiger partial charge is 0.455 e. The van der Waals surface area contributed by atoms with E-state index < -0.39 is 5.97 Å². The van der Waals surface area contributed by atoms with Crippen LogP contribution in [0, 0.1) is 6.92 Å². The lowest BCUT2D eigenvalue weighted by Crippen LogP contribution is -2.05. The maximum atomic E-state index is 12.5. The van der Waals surface area contributed by atoms with Crippen molar-refractivity contribution in [3.05, 3.63) is 69.4 Å². The second-order valence-electron chi connectivity index (χ2n) is 5.71. The van der Waals surface area contributed by atoms with Gasteiger partial charge in [0.15, 0.2) is 10.8 Å². The fourth-order valence-corrected chi connectivity index (χ4v) is 4.46. The van der Waals surface area contributed by atoms with Crippen molar-refractivity contribution in [1.29, 1.82) is 0 Å². The Morgan fingerprint density at radius 3 is 2.68 bits per heavy atom. The zero-order chi connectivity index (χ0) is 19.5. The van der Waals surface area contributed by atoms with Gasteiger partial charge in [-0.3, -0.25) is 0 Å². The molecule has 0 aliphatic rings. The number of aromatic nitrogens is 4. The topological polar surface area (TPSA) is 77.9 Å². The summed E-state index contributed by atoms with van der Waals surface area (Å²) in [6.45, 7) is 1.84. The number of carbonyl (C=O) groups is 1. The first kappa shape index (κ1) is 18.7. The van der Waals surface area contributed by atoms with Crippen LogP contribution in [-0.4, -0.2) is 25.9 Å². The van der Waals surface area contributed by atoms with Crippen molar-refractivity contribution >= 4 is 40.2 Å². The first-order chi connectivity index (χ1) is 13.6. The van der Waals surface area contributed by atoms with Gasteiger partial charge in [-0.15, -0.1) is 22.7 Å². The SMILES string of the molecule is Cc1nc(-c2ncccn2)sc1C(=O)OCc1csc(-c2ccccc2Cl)n1. The van der Waals surface area contributed by atoms with E-state index in [2.05, 4.69) is 19.9 Å². The van der Waals surface area contributed by atoms with E-state index in [-0.39, 0.29) is 6.61 Å². The quantitative estimate of drug-likeness (QED) is 0.414. The van der Waals surface area contributed by atoms with Crippen molar-refractivity contribution in [3.8, 4) is 21.4 Å². The number of carbonyl (C=O) groups excluding carboxylic acids is 1. The van der Waals surface area contributed by atoms with Gasteiger partial charge in [0.05, 0.1) is 16.4 Å². The van der Waals surface area contributed by atoms with E-state index in [1.165, 1.54) is 22.7 Å². The molecule has 3 aromatic heterocycles. The summed E-state index contributed by atoms with van der Waals surface area (Å²) in [6, 6.07) is 9.23. The number of hydrogen-bond acceptors (Lipinski definition) is 8. The third kappa shape index (κ3) is 3.94. The minimum atomic E-state index is -0.440. The maximum Gasteiger partial charge on any atom is 0.350 e. The normalized spacial score (nSPS) is 10.8. The van der Waals surface area contributed by atoms with Crippen LogP contribution in [-0.2, 0) is 11.3 Å². The molecule has 0 unspecified atom stereocenters. The van der Waals surface area contributed by atoms with E-state index in [4.69, 9.17) is 16.3 Å². The Morgan fingerprint density at radius 1 is 1.11 bits per heavy atom. The first-order valence-electron chi connectivity index (χ1n) is 8.23. The Balaban J connectivity index is 1.46. The molecule has 4 rings (SSSR count). The van der Waals surface area contributed by atoms with Gasteiger partial charge in [0.1, 0.15) is 16.5 Å². The van der Waals surface area contributed by atoms with Crippen LogP contribution in [0.2, 0.25) is 5.02 Å². The van der Waals surface area contributed by atoms with Gasteiger partial charge in [-0.2, -0.15) is 0 Å². The highest BCUT2D eigenvalue weighted by Gasteiger charge is 2.19. The number of benzene rings is 1. The minimum absolute atomic E-state index is 0.0777. The lowest BCUT2D eigenvalue weighted by Gasteiger charge is -2.01. The molecule has 4 aromatic rings. The highest BCUT2D eigenvalue weighted by molar-refractivity contribution is 7.17. The Kier molecular flexibility index (Phi) is 5.43. The molecule has 0 atom stereocenters. The van der Waals surface area contributed by atoms with Crippen molar-refractivity contribution in [2.45, 2.75) is 13.5 Å². The number of nitrogens with zero attached hydrogens (tertiary/aromatic N) is 4. The van der Waals surface area contributed by atoms with Crippen LogP contribution >= 0.6 is 34.3 Å². The van der Waals surface area contributed by atoms with Crippen LogP contribution in [0.25, 0.3) is 21.4 Å². The third-order valence-electron chi connectivity index (χ3n) is 3.75. The smallest absolute Gasteiger partial charge is 0.350 e. The van der Waals surface area contributed by atoms with Gasteiger partial charge in [0, 0.05) is 23.3 Å². The molecule has 0 aliphatic carbocycles. The van der Waals surface area contributed by atoms with Crippen LogP contribution in [0.5, 0.6) is 0 Å². The molecule has 0 spiro atoms. The molecular formula is C19H13ClN4O2S2. The van der Waals surface area contributed by atoms with Gasteiger partial charge in [0.2, 0.25) is 0 Å². The summed E-state index contributed by atoms with van der Waals surface area (Å²) in [7, 11) is 0. The number of ether oxygens (including phenoxy) is 1. The fourth-order valence-electron chi connectivity index (χ4n) is 2.43. The molecular weight excluding hydrogens is 416 g/mol. The van der Waals surface area contributed by atoms with Crippen LogP contribution < -0.4 is 0 Å². The molecule has 3 heterocycles. The molecule has 6 nitrogen and oxygen atoms in total. The summed E-state index contributed by atoms with van der Waals surface area (Å²) >= 11 is 8.88. The molecule has 28 heavy (non-hydrogen) atoms. The summed E-state index contributed by atoms with van der Waals surface area (Å²) in [5, 5.41) is 3.86. The van der Waals surface area contributed by atoms with Gasteiger partial charge >= 0.3 is 5.97 Å². The zero-order valence-electron chi connectivity index (χ0n) is 14.6. The Morgan fingerprint density at radius 2 is 1.89 bits per heavy atom. The van der Waals surface area contributed by atoms with Crippen molar-refractivity contribution in [3.63, 3.8) is 0 Å². The van der Waals surface area contributed by atoms with Crippen LogP contribution in [0.3, 0.4) is 0 Å². The van der Waals surface area contributed by atoms with E-state index in [0.29, 0.717) is 32.1 Å². The van der Waals surface area contributed by atoms with Crippen LogP contribution in [0.1, 0.15) is 21.1 Å². The van der Waals surface area contributed by atoms with E-state index in [9.17, 15) is 4.79 Å². The summed E-state index contributed by atoms with van der Waals surface area (Å²) in [6.07, 6.45) is 3.27. The van der Waals surface area contributed by atoms with Gasteiger partial charge < -0.3 is 4.74 Å². The van der Waals surface area contributed by atoms with E-state index in [0.717, 1.165) is 10.6 Å². The van der Waals surface area contributed by atoms with Crippen molar-refractivity contribution < 1.29 is 9.53 Å². The summed E-state index contributed by atoms with van der Waals surface area (Å²) in [4.78, 5) is 30.1. The average molecular weight is 429 g/mol. The predicted molar refractivity (Wildman–Crippen MR) is 110 cm³/mol. The molecule has 9 heteroatoms. The zero-order valence-corrected chi connectivity index (χ0v) is 17.0. The number of halogens is 1. The summed E-state index contributed by atoms with van der Waals surface area (Å²) in [5.41, 5.74) is 2.12. The molecule has 0 N–H and O–H groups in total. The lowest BCUT2D eigenvalue weighted by atomic mass is 10.2. The van der Waals surface area contributed by atoms with Gasteiger partial charge in [-0.05, 0) is 19.1 Å². The van der Waals surface area contributed by atoms with Crippen LogP contribution in [0.4, 0.5) is 0 Å². The number of thiazole rings is 2. The fraction of sp³-hybridized carbons (Fsp3) is 0.105. The van der Waals surface area contributed by atoms with E-state index >= 15 is 0 Å². The summed E-state index contributed by atoms with van der Waals surface area (Å²) < 4.78 is 5.43. The second-order valence-corrected chi connectivity index (χ2v) is 7.97. The molecule has 0 amide bonds. The Bertz CT molecular complexity index is 1130. The minimum Gasteiger partial charge on any atom is -0.455 e. The van der Waals surface area contributed by atoms with Crippen molar-refractivity contribution in [2.75, 3.05) is 0 Å². The number of hydrogen-bond donors (Lipinski definition) is 0. The molecule has 1 aromatic carbocycles. The molecule has 140 valence electrons. The average Bonchev–Trinajstić information content (AvgIpc) is 3.34. The Hall–Kier alpha value is -2.68. The molecule has 0 fully saturated rings. The van der Waals surface area contributed by atoms with Gasteiger partial charge in [0.25, 0.3) is 0 Å². The maximum absolute atomic E-state index is 12.5. The van der Waals surface area contributed by atoms with Crippen molar-refractivity contribution in [1.82, 2.24) is 19.9 Å². The van der Waals surface area contributed by atoms with E-state index in [1.54, 1.807) is 25.4 Å². The Labute approximate surface area is 173 Å². The molecule has 0 radical (unpaired) electrons. The van der Waals surface area contributed by atoms with Gasteiger partial charge in [-0.25, -0.2) is 24.7 Å². The monoisotopic (exact) mass is 428 g/mol. The number of aryl methyl sites for hydroxylation is 1. The standard InChI is InChI=1S/C19H13ClN4O2S2/c1-11-15(28-18(23-11)16-21-7-4-8-22-16)19(25)26-9-12-10-27-17(24-12)13-5-2-3-6-14(13)20/h2-8,10H,9H2,1H3. The van der Waals surface area contributed by atoms with Crippen LogP contribution in [0.15, 0.2) is 48.1 Å². The first-order valence-corrected chi connectivity index (χ1v) is 10.3. The molecule has 0 bridgehead atoms. The number of esters is 1. The molecule has 0 aliphatic heterocycles. The number of rotatable bonds is 5. The second kappa shape index (κ2) is 8.14. The summed E-state index contributed by atoms with van der Waals surface area (Å²) in [5.74, 6) is 0.0445. The highest BCUT2D eigenvalue weighted by atomic mass is 35.5. The van der Waals surface area contributed by atoms with Crippen molar-refractivity contribution in [2.24, 2.45) is 0 Å². The van der Waals surface area contributed by atoms with E-state index in [1.807, 2.05) is 29.6 Å². The lowest BCUT2D eigenvalue weighted by molar-refractivity contribution is 0.0473. The third-order valence-corrected chi connectivity index (χ3v) is 6.13. The highest BCUT2D eigenvalue weighted by Crippen LogP contribution is 2.30. The van der Waals surface area contributed by atoms with Gasteiger partial charge in [-0.1, -0.05) is 29.8 Å². The predicted octanol–water partition coefficient (Wildman–Crippen LogP) is 5.04. The molecule has 0 saturated heterocycles.